The maximum atomic E-state index is 10.7. The number of aryl methyl sites for hydroxylation is 2. The second kappa shape index (κ2) is 15.5. The summed E-state index contributed by atoms with van der Waals surface area (Å²) in [6.45, 7) is 4.38. The summed E-state index contributed by atoms with van der Waals surface area (Å²) in [5.41, 5.74) is 21.5. The summed E-state index contributed by atoms with van der Waals surface area (Å²) >= 11 is 0. The normalized spacial score (nSPS) is 15.1. The Hall–Kier alpha value is -8.20. The summed E-state index contributed by atoms with van der Waals surface area (Å²) in [4.78, 5) is 2.45. The smallest absolute Gasteiger partial charge is 0.115 e. The van der Waals surface area contributed by atoms with Crippen LogP contribution in [0.2, 0.25) is 0 Å². The Bertz CT molecular complexity index is 3370. The minimum absolute atomic E-state index is 0.251. The Morgan fingerprint density at radius 3 is 1.21 bits per heavy atom. The van der Waals surface area contributed by atoms with E-state index in [1.54, 1.807) is 0 Å². The van der Waals surface area contributed by atoms with E-state index in [2.05, 4.69) is 249 Å². The molecule has 0 fully saturated rings. The molecule has 0 saturated heterocycles. The Balaban J connectivity index is 1.14. The number of anilines is 3. The van der Waals surface area contributed by atoms with Crippen LogP contribution < -0.4 is 4.90 Å². The quantitative estimate of drug-likeness (QED) is 0.165. The molecule has 0 aromatic heterocycles. The van der Waals surface area contributed by atoms with Gasteiger partial charge >= 0.3 is 0 Å². The van der Waals surface area contributed by atoms with Crippen LogP contribution in [0.4, 0.5) is 17.1 Å². The van der Waals surface area contributed by atoms with E-state index in [1.165, 1.54) is 83.5 Å². The second-order valence-electron chi connectivity index (χ2n) is 18.0. The van der Waals surface area contributed by atoms with Crippen molar-refractivity contribution in [2.24, 2.45) is 0 Å². The molecule has 1 atom stereocenters. The first-order valence-corrected chi connectivity index (χ1v) is 22.9. The predicted octanol–water partition coefficient (Wildman–Crippen LogP) is 15.9. The first-order chi connectivity index (χ1) is 32.4. The van der Waals surface area contributed by atoms with Crippen molar-refractivity contribution in [1.82, 2.24) is 0 Å². The van der Waals surface area contributed by atoms with Crippen LogP contribution in [0.25, 0.3) is 33.4 Å². The molecule has 2 heteroatoms. The molecule has 0 heterocycles. The largest absolute Gasteiger partial charge is 0.508 e. The molecule has 1 unspecified atom stereocenters. The van der Waals surface area contributed by atoms with Crippen LogP contribution in [0.3, 0.4) is 0 Å². The lowest BCUT2D eigenvalue weighted by atomic mass is 9.67. The molecule has 314 valence electrons. The van der Waals surface area contributed by atoms with Crippen LogP contribution in [-0.2, 0) is 10.8 Å². The van der Waals surface area contributed by atoms with Gasteiger partial charge in [0.2, 0.25) is 0 Å². The summed E-state index contributed by atoms with van der Waals surface area (Å²) < 4.78 is 0. The van der Waals surface area contributed by atoms with Gasteiger partial charge < -0.3 is 10.0 Å². The Kier molecular flexibility index (Phi) is 9.26. The lowest BCUT2D eigenvalue weighted by Gasteiger charge is -2.36. The predicted molar refractivity (Wildman–Crippen MR) is 272 cm³/mol. The molecule has 0 bridgehead atoms. The lowest BCUT2D eigenvalue weighted by molar-refractivity contribution is 0.475. The lowest BCUT2D eigenvalue weighted by Crippen LogP contribution is -2.29. The van der Waals surface area contributed by atoms with E-state index in [0.29, 0.717) is 0 Å². The van der Waals surface area contributed by atoms with Gasteiger partial charge in [-0.1, -0.05) is 205 Å². The van der Waals surface area contributed by atoms with Gasteiger partial charge in [0.1, 0.15) is 5.75 Å². The fraction of sp³-hybridized carbons (Fsp3) is 0.0625. The van der Waals surface area contributed by atoms with Gasteiger partial charge in [0.25, 0.3) is 0 Å². The van der Waals surface area contributed by atoms with Crippen LogP contribution in [-0.4, -0.2) is 5.11 Å². The van der Waals surface area contributed by atoms with Crippen LogP contribution in [0.5, 0.6) is 5.75 Å². The molecule has 2 nitrogen and oxygen atoms in total. The molecule has 0 spiro atoms. The average Bonchev–Trinajstić information content (AvgIpc) is 3.83. The van der Waals surface area contributed by atoms with Crippen LogP contribution in [0.1, 0.15) is 55.6 Å². The van der Waals surface area contributed by atoms with Crippen molar-refractivity contribution < 1.29 is 5.11 Å². The molecule has 0 aliphatic heterocycles. The van der Waals surface area contributed by atoms with Crippen molar-refractivity contribution in [2.45, 2.75) is 24.7 Å². The van der Waals surface area contributed by atoms with Gasteiger partial charge in [-0.3, -0.25) is 0 Å². The highest BCUT2D eigenvalue weighted by molar-refractivity contribution is 5.92. The topological polar surface area (TPSA) is 23.5 Å². The highest BCUT2D eigenvalue weighted by atomic mass is 16.3. The number of fused-ring (bicyclic) bond motifs is 6. The molecule has 2 aliphatic carbocycles. The maximum Gasteiger partial charge on any atom is 0.115 e. The minimum Gasteiger partial charge on any atom is -0.508 e. The molecule has 0 radical (unpaired) electrons. The van der Waals surface area contributed by atoms with Crippen LogP contribution in [0.15, 0.2) is 243 Å². The third kappa shape index (κ3) is 5.95. The molecular formula is C64H47NO. The molecule has 2 aliphatic rings. The van der Waals surface area contributed by atoms with E-state index >= 15 is 0 Å². The molecule has 0 saturated carbocycles. The van der Waals surface area contributed by atoms with E-state index in [1.807, 2.05) is 12.1 Å². The van der Waals surface area contributed by atoms with Gasteiger partial charge in [0, 0.05) is 17.1 Å². The van der Waals surface area contributed by atoms with Gasteiger partial charge in [0.15, 0.2) is 0 Å². The zero-order valence-corrected chi connectivity index (χ0v) is 37.0. The molecule has 10 aromatic rings. The number of phenols is 1. The van der Waals surface area contributed by atoms with Gasteiger partial charge in [-0.2, -0.15) is 0 Å². The van der Waals surface area contributed by atoms with E-state index in [-0.39, 0.29) is 5.75 Å². The van der Waals surface area contributed by atoms with Gasteiger partial charge in [-0.25, -0.2) is 0 Å². The van der Waals surface area contributed by atoms with Crippen molar-refractivity contribution >= 4 is 17.1 Å². The first-order valence-electron chi connectivity index (χ1n) is 22.9. The SMILES string of the molecule is Cc1cc(C)cc(C2(c3ccc(O)cc3)c3ccccc3-c3ccc(N(c4ccc(-c5ccccc5)cc4)c4ccc5c(c4)C(c4ccccc4)(c4ccccc4)c4ccccc4-5)cc32)c1. The zero-order chi connectivity index (χ0) is 44.4. The van der Waals surface area contributed by atoms with Crippen molar-refractivity contribution in [3.63, 3.8) is 0 Å². The molecule has 66 heavy (non-hydrogen) atoms. The number of rotatable bonds is 8. The average molecular weight is 846 g/mol. The van der Waals surface area contributed by atoms with Crippen molar-refractivity contribution in [3.8, 4) is 39.1 Å². The molecule has 1 N–H and O–H groups in total. The molecule has 12 rings (SSSR count). The van der Waals surface area contributed by atoms with Gasteiger partial charge in [0.05, 0.1) is 10.8 Å². The monoisotopic (exact) mass is 845 g/mol. The van der Waals surface area contributed by atoms with Gasteiger partial charge in [-0.05, 0) is 140 Å². The number of hydrogen-bond donors (Lipinski definition) is 1. The minimum atomic E-state index is -0.662. The number of benzene rings is 10. The zero-order valence-electron chi connectivity index (χ0n) is 37.0. The summed E-state index contributed by atoms with van der Waals surface area (Å²) in [6.07, 6.45) is 0. The van der Waals surface area contributed by atoms with Crippen LogP contribution in [0, 0.1) is 13.8 Å². The molecule has 0 amide bonds. The number of aromatic hydroxyl groups is 1. The Labute approximate surface area is 387 Å². The first kappa shape index (κ1) is 39.4. The third-order valence-electron chi connectivity index (χ3n) is 14.2. The Morgan fingerprint density at radius 1 is 0.303 bits per heavy atom. The summed E-state index contributed by atoms with van der Waals surface area (Å²) in [6, 6.07) is 88.6. The molecule has 10 aromatic carbocycles. The molecular weight excluding hydrogens is 799 g/mol. The Morgan fingerprint density at radius 2 is 0.697 bits per heavy atom. The van der Waals surface area contributed by atoms with Crippen LogP contribution >= 0.6 is 0 Å². The van der Waals surface area contributed by atoms with Gasteiger partial charge in [-0.15, -0.1) is 0 Å². The van der Waals surface area contributed by atoms with Crippen molar-refractivity contribution in [2.75, 3.05) is 4.90 Å². The third-order valence-corrected chi connectivity index (χ3v) is 14.2. The summed E-state index contributed by atoms with van der Waals surface area (Å²) in [5.74, 6) is 0.251. The fourth-order valence-electron chi connectivity index (χ4n) is 11.6. The van der Waals surface area contributed by atoms with E-state index in [0.717, 1.165) is 22.6 Å². The number of phenolic OH excluding ortho intramolecular Hbond substituents is 1. The number of hydrogen-bond acceptors (Lipinski definition) is 2. The van der Waals surface area contributed by atoms with E-state index < -0.39 is 10.8 Å². The highest BCUT2D eigenvalue weighted by Crippen LogP contribution is 2.60. The van der Waals surface area contributed by atoms with E-state index in [4.69, 9.17) is 0 Å². The van der Waals surface area contributed by atoms with Crippen molar-refractivity contribution in [3.05, 3.63) is 298 Å². The highest BCUT2D eigenvalue weighted by Gasteiger charge is 2.48. The summed E-state index contributed by atoms with van der Waals surface area (Å²) in [7, 11) is 0. The number of nitrogens with zero attached hydrogens (tertiary/aromatic N) is 1. The summed E-state index contributed by atoms with van der Waals surface area (Å²) in [5, 5.41) is 10.7. The standard InChI is InChI=1S/C64H47NO/c1-43-38-44(2)40-50(39-43)64(49-28-34-54(66)35-29-49)60-25-15-13-23-56(60)58-37-33-53(42-62(58)64)65(51-30-26-46(27-31-51)45-16-6-3-7-17-45)52-32-36-57-55-22-12-14-24-59(55)63(61(57)41-52,47-18-8-4-9-19-47)48-20-10-5-11-21-48/h3-42,66H,1-2H3. The van der Waals surface area contributed by atoms with Crippen molar-refractivity contribution in [1.29, 1.82) is 0 Å². The fourth-order valence-corrected chi connectivity index (χ4v) is 11.6. The van der Waals surface area contributed by atoms with E-state index in [9.17, 15) is 5.11 Å². The maximum absolute atomic E-state index is 10.7. The second-order valence-corrected chi connectivity index (χ2v) is 18.0.